The van der Waals surface area contributed by atoms with Crippen molar-refractivity contribution in [2.45, 2.75) is 13.0 Å². The van der Waals surface area contributed by atoms with Crippen LogP contribution in [0.2, 0.25) is 0 Å². The summed E-state index contributed by atoms with van der Waals surface area (Å²) in [6.07, 6.45) is 0. The number of amides is 1. The number of hydrogen-bond donors (Lipinski definition) is 2. The van der Waals surface area contributed by atoms with E-state index in [4.69, 9.17) is 20.9 Å². The summed E-state index contributed by atoms with van der Waals surface area (Å²) >= 11 is 0. The second kappa shape index (κ2) is 5.97. The van der Waals surface area contributed by atoms with Crippen LogP contribution in [0, 0.1) is 0 Å². The van der Waals surface area contributed by atoms with Gasteiger partial charge in [-0.1, -0.05) is 6.07 Å². The SMILES string of the molecule is CCOc1cccc(OCC(N)C(N)=O)c1. The van der Waals surface area contributed by atoms with Crippen LogP contribution in [0.3, 0.4) is 0 Å². The molecule has 4 N–H and O–H groups in total. The van der Waals surface area contributed by atoms with E-state index in [1.165, 1.54) is 0 Å². The highest BCUT2D eigenvalue weighted by atomic mass is 16.5. The Morgan fingerprint density at radius 3 is 2.56 bits per heavy atom. The van der Waals surface area contributed by atoms with E-state index in [0.29, 0.717) is 18.1 Å². The lowest BCUT2D eigenvalue weighted by Gasteiger charge is -2.11. The number of carbonyl (C=O) groups is 1. The Kier molecular flexibility index (Phi) is 4.60. The Labute approximate surface area is 94.3 Å². The Balaban J connectivity index is 2.53. The van der Waals surface area contributed by atoms with Crippen molar-refractivity contribution in [3.8, 4) is 11.5 Å². The maximum atomic E-state index is 10.7. The fourth-order valence-corrected chi connectivity index (χ4v) is 1.09. The van der Waals surface area contributed by atoms with Gasteiger partial charge < -0.3 is 20.9 Å². The van der Waals surface area contributed by atoms with E-state index in [1.54, 1.807) is 18.2 Å². The van der Waals surface area contributed by atoms with Gasteiger partial charge in [0.05, 0.1) is 6.61 Å². The zero-order valence-electron chi connectivity index (χ0n) is 9.18. The summed E-state index contributed by atoms with van der Waals surface area (Å²) in [5.74, 6) is 0.733. The topological polar surface area (TPSA) is 87.6 Å². The van der Waals surface area contributed by atoms with Crippen molar-refractivity contribution in [1.82, 2.24) is 0 Å². The molecule has 1 unspecified atom stereocenters. The Bertz CT molecular complexity index is 355. The quantitative estimate of drug-likeness (QED) is 0.726. The van der Waals surface area contributed by atoms with Crippen molar-refractivity contribution >= 4 is 5.91 Å². The van der Waals surface area contributed by atoms with Gasteiger partial charge in [-0.25, -0.2) is 0 Å². The summed E-state index contributed by atoms with van der Waals surface area (Å²) in [5, 5.41) is 0. The predicted molar refractivity (Wildman–Crippen MR) is 60.3 cm³/mol. The molecule has 16 heavy (non-hydrogen) atoms. The van der Waals surface area contributed by atoms with Crippen molar-refractivity contribution in [1.29, 1.82) is 0 Å². The van der Waals surface area contributed by atoms with Gasteiger partial charge in [0.15, 0.2) is 0 Å². The molecule has 0 radical (unpaired) electrons. The van der Waals surface area contributed by atoms with Crippen molar-refractivity contribution in [3.05, 3.63) is 24.3 Å². The lowest BCUT2D eigenvalue weighted by atomic mass is 10.3. The van der Waals surface area contributed by atoms with Gasteiger partial charge in [0.2, 0.25) is 5.91 Å². The van der Waals surface area contributed by atoms with Crippen LogP contribution in [0.25, 0.3) is 0 Å². The molecule has 5 heteroatoms. The van der Waals surface area contributed by atoms with Crippen molar-refractivity contribution in [2.24, 2.45) is 11.5 Å². The van der Waals surface area contributed by atoms with Crippen molar-refractivity contribution < 1.29 is 14.3 Å². The molecule has 0 aliphatic heterocycles. The lowest BCUT2D eigenvalue weighted by molar-refractivity contribution is -0.119. The van der Waals surface area contributed by atoms with Crippen LogP contribution in [-0.2, 0) is 4.79 Å². The molecule has 88 valence electrons. The standard InChI is InChI=1S/C11H16N2O3/c1-2-15-8-4-3-5-9(6-8)16-7-10(12)11(13)14/h3-6,10H,2,7,12H2,1H3,(H2,13,14). The first-order chi connectivity index (χ1) is 7.63. The van der Waals surface area contributed by atoms with Gasteiger partial charge in [-0.15, -0.1) is 0 Å². The van der Waals surface area contributed by atoms with E-state index in [9.17, 15) is 4.79 Å². The first-order valence-electron chi connectivity index (χ1n) is 5.04. The average Bonchev–Trinajstić information content (AvgIpc) is 2.26. The molecule has 1 amide bonds. The van der Waals surface area contributed by atoms with Gasteiger partial charge in [0.25, 0.3) is 0 Å². The molecule has 1 aromatic rings. The molecule has 1 atom stereocenters. The van der Waals surface area contributed by atoms with Crippen LogP contribution in [0.5, 0.6) is 11.5 Å². The normalized spacial score (nSPS) is 11.9. The van der Waals surface area contributed by atoms with Gasteiger partial charge in [0, 0.05) is 6.07 Å². The Morgan fingerprint density at radius 1 is 1.38 bits per heavy atom. The summed E-state index contributed by atoms with van der Waals surface area (Å²) in [7, 11) is 0. The molecular weight excluding hydrogens is 208 g/mol. The van der Waals surface area contributed by atoms with Crippen LogP contribution in [0.4, 0.5) is 0 Å². The van der Waals surface area contributed by atoms with Crippen molar-refractivity contribution in [3.63, 3.8) is 0 Å². The fraction of sp³-hybridized carbons (Fsp3) is 0.364. The first kappa shape index (κ1) is 12.3. The minimum atomic E-state index is -0.796. The molecule has 1 aromatic carbocycles. The highest BCUT2D eigenvalue weighted by Crippen LogP contribution is 2.19. The van der Waals surface area contributed by atoms with Crippen LogP contribution in [0.15, 0.2) is 24.3 Å². The molecule has 0 spiro atoms. The number of hydrogen-bond acceptors (Lipinski definition) is 4. The summed E-state index contributed by atoms with van der Waals surface area (Å²) in [5.41, 5.74) is 10.4. The van der Waals surface area contributed by atoms with E-state index >= 15 is 0 Å². The molecule has 0 aliphatic carbocycles. The maximum absolute atomic E-state index is 10.7. The van der Waals surface area contributed by atoms with E-state index in [2.05, 4.69) is 0 Å². The third kappa shape index (κ3) is 3.78. The average molecular weight is 224 g/mol. The van der Waals surface area contributed by atoms with E-state index in [-0.39, 0.29) is 6.61 Å². The number of primary amides is 1. The summed E-state index contributed by atoms with van der Waals surface area (Å²) in [4.78, 5) is 10.7. The van der Waals surface area contributed by atoms with Gasteiger partial charge in [-0.05, 0) is 19.1 Å². The molecular formula is C11H16N2O3. The van der Waals surface area contributed by atoms with Gasteiger partial charge in [0.1, 0.15) is 24.1 Å². The molecule has 0 heterocycles. The molecule has 1 rings (SSSR count). The maximum Gasteiger partial charge on any atom is 0.237 e. The Morgan fingerprint density at radius 2 is 2.00 bits per heavy atom. The number of rotatable bonds is 6. The Hall–Kier alpha value is -1.75. The van der Waals surface area contributed by atoms with Crippen LogP contribution < -0.4 is 20.9 Å². The molecule has 0 bridgehead atoms. The lowest BCUT2D eigenvalue weighted by Crippen LogP contribution is -2.41. The second-order valence-corrected chi connectivity index (χ2v) is 3.23. The van der Waals surface area contributed by atoms with E-state index < -0.39 is 11.9 Å². The van der Waals surface area contributed by atoms with E-state index in [1.807, 2.05) is 13.0 Å². The summed E-state index contributed by atoms with van der Waals surface area (Å²) in [6.45, 7) is 2.55. The molecule has 0 aromatic heterocycles. The summed E-state index contributed by atoms with van der Waals surface area (Å²) in [6, 6.07) is 6.32. The van der Waals surface area contributed by atoms with Crippen LogP contribution >= 0.6 is 0 Å². The predicted octanol–water partition coefficient (Wildman–Crippen LogP) is 0.277. The third-order valence-corrected chi connectivity index (χ3v) is 1.91. The van der Waals surface area contributed by atoms with Gasteiger partial charge >= 0.3 is 0 Å². The third-order valence-electron chi connectivity index (χ3n) is 1.91. The zero-order valence-corrected chi connectivity index (χ0v) is 9.18. The number of benzene rings is 1. The molecule has 0 fully saturated rings. The largest absolute Gasteiger partial charge is 0.494 e. The highest BCUT2D eigenvalue weighted by Gasteiger charge is 2.09. The van der Waals surface area contributed by atoms with Gasteiger partial charge in [-0.2, -0.15) is 0 Å². The van der Waals surface area contributed by atoms with Crippen molar-refractivity contribution in [2.75, 3.05) is 13.2 Å². The first-order valence-corrected chi connectivity index (χ1v) is 5.04. The number of ether oxygens (including phenoxy) is 2. The molecule has 0 saturated heterocycles. The fourth-order valence-electron chi connectivity index (χ4n) is 1.09. The minimum Gasteiger partial charge on any atom is -0.494 e. The molecule has 0 saturated carbocycles. The second-order valence-electron chi connectivity index (χ2n) is 3.23. The molecule has 5 nitrogen and oxygen atoms in total. The summed E-state index contributed by atoms with van der Waals surface area (Å²) < 4.78 is 10.6. The van der Waals surface area contributed by atoms with Gasteiger partial charge in [-0.3, -0.25) is 4.79 Å². The van der Waals surface area contributed by atoms with E-state index in [0.717, 1.165) is 0 Å². The smallest absolute Gasteiger partial charge is 0.237 e. The highest BCUT2D eigenvalue weighted by molar-refractivity contribution is 5.79. The van der Waals surface area contributed by atoms with Crippen LogP contribution in [0.1, 0.15) is 6.92 Å². The number of nitrogens with two attached hydrogens (primary N) is 2. The zero-order chi connectivity index (χ0) is 12.0. The monoisotopic (exact) mass is 224 g/mol. The van der Waals surface area contributed by atoms with Crippen LogP contribution in [-0.4, -0.2) is 25.2 Å². The molecule has 0 aliphatic rings. The number of carbonyl (C=O) groups excluding carboxylic acids is 1. The minimum absolute atomic E-state index is 0.0604.